The maximum absolute atomic E-state index is 12.4. The highest BCUT2D eigenvalue weighted by Crippen LogP contribution is 2.12. The van der Waals surface area contributed by atoms with Gasteiger partial charge in [0.15, 0.2) is 0 Å². The van der Waals surface area contributed by atoms with Crippen LogP contribution in [0.1, 0.15) is 38.8 Å². The van der Waals surface area contributed by atoms with Crippen LogP contribution in [-0.2, 0) is 11.8 Å². The molecule has 0 saturated heterocycles. The van der Waals surface area contributed by atoms with Crippen LogP contribution in [0, 0.1) is 0 Å². The predicted molar refractivity (Wildman–Crippen MR) is 84.8 cm³/mol. The van der Waals surface area contributed by atoms with Crippen LogP contribution in [0.3, 0.4) is 0 Å². The van der Waals surface area contributed by atoms with E-state index in [0.29, 0.717) is 6.54 Å². The first-order valence-corrected chi connectivity index (χ1v) is 7.78. The summed E-state index contributed by atoms with van der Waals surface area (Å²) in [6.07, 6.45) is 4.43. The molecule has 0 aliphatic heterocycles. The van der Waals surface area contributed by atoms with Gasteiger partial charge in [-0.2, -0.15) is 5.10 Å². The summed E-state index contributed by atoms with van der Waals surface area (Å²) in [7, 11) is 1.82. The normalized spacial score (nSPS) is 12.7. The molecule has 1 heterocycles. The van der Waals surface area contributed by atoms with E-state index in [2.05, 4.69) is 23.8 Å². The van der Waals surface area contributed by atoms with Crippen LogP contribution in [0.4, 0.5) is 0 Å². The minimum atomic E-state index is -0.618. The average Bonchev–Trinajstić information content (AvgIpc) is 2.93. The van der Waals surface area contributed by atoms with Crippen LogP contribution in [0.15, 0.2) is 12.4 Å². The van der Waals surface area contributed by atoms with Crippen molar-refractivity contribution >= 4 is 5.91 Å². The number of hydrogen-bond acceptors (Lipinski definition) is 4. The van der Waals surface area contributed by atoms with Gasteiger partial charge in [-0.15, -0.1) is 0 Å². The van der Waals surface area contributed by atoms with Crippen molar-refractivity contribution in [1.82, 2.24) is 19.6 Å². The average molecular weight is 295 g/mol. The number of carbonyl (C=O) groups is 1. The number of nitrogens with two attached hydrogens (primary N) is 1. The predicted octanol–water partition coefficient (Wildman–Crippen LogP) is 1.00. The molecule has 1 unspecified atom stereocenters. The van der Waals surface area contributed by atoms with Crippen LogP contribution in [0.5, 0.6) is 0 Å². The zero-order chi connectivity index (χ0) is 15.8. The second-order valence-electron chi connectivity index (χ2n) is 5.22. The molecule has 0 spiro atoms. The molecule has 1 aromatic heterocycles. The molecule has 1 rings (SSSR count). The number of aryl methyl sites for hydroxylation is 1. The Morgan fingerprint density at radius 3 is 2.43 bits per heavy atom. The molecule has 0 aromatic carbocycles. The molecule has 120 valence electrons. The molecule has 0 saturated carbocycles. The Morgan fingerprint density at radius 2 is 1.95 bits per heavy atom. The van der Waals surface area contributed by atoms with Crippen molar-refractivity contribution in [3.05, 3.63) is 18.0 Å². The lowest BCUT2D eigenvalue weighted by Gasteiger charge is -2.25. The lowest BCUT2D eigenvalue weighted by atomic mass is 10.1. The minimum Gasteiger partial charge on any atom is -0.341 e. The quantitative estimate of drug-likeness (QED) is 0.738. The second-order valence-corrected chi connectivity index (χ2v) is 5.22. The number of amides is 1. The third-order valence-electron chi connectivity index (χ3n) is 3.84. The lowest BCUT2D eigenvalue weighted by molar-refractivity contribution is -0.132. The Hall–Kier alpha value is -1.40. The van der Waals surface area contributed by atoms with Crippen molar-refractivity contribution in [3.8, 4) is 0 Å². The van der Waals surface area contributed by atoms with E-state index >= 15 is 0 Å². The van der Waals surface area contributed by atoms with E-state index in [-0.39, 0.29) is 5.91 Å². The minimum absolute atomic E-state index is 0.0231. The first-order chi connectivity index (χ1) is 10.0. The Kier molecular flexibility index (Phi) is 7.39. The van der Waals surface area contributed by atoms with E-state index in [1.54, 1.807) is 17.1 Å². The van der Waals surface area contributed by atoms with E-state index in [0.717, 1.165) is 38.2 Å². The third-order valence-corrected chi connectivity index (χ3v) is 3.84. The van der Waals surface area contributed by atoms with Gasteiger partial charge in [0, 0.05) is 31.9 Å². The van der Waals surface area contributed by atoms with Gasteiger partial charge in [-0.25, -0.2) is 0 Å². The molecule has 0 aliphatic carbocycles. The van der Waals surface area contributed by atoms with E-state index < -0.39 is 6.04 Å². The molecule has 6 nitrogen and oxygen atoms in total. The molecule has 1 aromatic rings. The summed E-state index contributed by atoms with van der Waals surface area (Å²) < 4.78 is 1.67. The summed E-state index contributed by atoms with van der Waals surface area (Å²) in [4.78, 5) is 16.6. The molecular weight excluding hydrogens is 266 g/mol. The highest BCUT2D eigenvalue weighted by molar-refractivity contribution is 5.82. The zero-order valence-electron chi connectivity index (χ0n) is 13.7. The van der Waals surface area contributed by atoms with Crippen molar-refractivity contribution in [2.45, 2.75) is 33.2 Å². The molecule has 0 bridgehead atoms. The molecule has 1 amide bonds. The van der Waals surface area contributed by atoms with Crippen molar-refractivity contribution in [2.24, 2.45) is 12.8 Å². The molecule has 0 radical (unpaired) electrons. The van der Waals surface area contributed by atoms with Gasteiger partial charge in [0.25, 0.3) is 0 Å². The van der Waals surface area contributed by atoms with Gasteiger partial charge in [0.05, 0.1) is 6.20 Å². The molecule has 6 heteroatoms. The van der Waals surface area contributed by atoms with Gasteiger partial charge in [-0.3, -0.25) is 9.48 Å². The number of rotatable bonds is 9. The maximum atomic E-state index is 12.4. The van der Waals surface area contributed by atoms with Crippen LogP contribution in [0.2, 0.25) is 0 Å². The third kappa shape index (κ3) is 5.13. The van der Waals surface area contributed by atoms with Crippen molar-refractivity contribution in [1.29, 1.82) is 0 Å². The Labute approximate surface area is 127 Å². The summed E-state index contributed by atoms with van der Waals surface area (Å²) in [5.41, 5.74) is 6.83. The van der Waals surface area contributed by atoms with Gasteiger partial charge in [0.1, 0.15) is 6.04 Å². The monoisotopic (exact) mass is 295 g/mol. The van der Waals surface area contributed by atoms with Crippen LogP contribution >= 0.6 is 0 Å². The number of carbonyl (C=O) groups excluding carboxylic acids is 1. The molecule has 2 N–H and O–H groups in total. The summed E-state index contributed by atoms with van der Waals surface area (Å²) >= 11 is 0. The molecule has 0 aliphatic rings. The van der Waals surface area contributed by atoms with Gasteiger partial charge >= 0.3 is 0 Å². The van der Waals surface area contributed by atoms with Gasteiger partial charge < -0.3 is 15.5 Å². The summed E-state index contributed by atoms with van der Waals surface area (Å²) in [6.45, 7) is 10.8. The standard InChI is InChI=1S/C15H29N5O/c1-5-19(6-2)9-8-10-20(7-3)15(21)14(16)13-11-17-18(4)12-13/h11-12,14H,5-10,16H2,1-4H3. The van der Waals surface area contributed by atoms with Crippen LogP contribution < -0.4 is 5.73 Å². The number of nitrogens with zero attached hydrogens (tertiary/aromatic N) is 4. The van der Waals surface area contributed by atoms with Gasteiger partial charge in [-0.1, -0.05) is 13.8 Å². The van der Waals surface area contributed by atoms with Crippen molar-refractivity contribution in [2.75, 3.05) is 32.7 Å². The maximum Gasteiger partial charge on any atom is 0.244 e. The topological polar surface area (TPSA) is 67.4 Å². The first-order valence-electron chi connectivity index (χ1n) is 7.78. The second kappa shape index (κ2) is 8.79. The van der Waals surface area contributed by atoms with E-state index in [9.17, 15) is 4.79 Å². The smallest absolute Gasteiger partial charge is 0.244 e. The highest BCUT2D eigenvalue weighted by atomic mass is 16.2. The summed E-state index contributed by atoms with van der Waals surface area (Å²) in [5, 5.41) is 4.07. The van der Waals surface area contributed by atoms with Crippen LogP contribution in [-0.4, -0.2) is 58.2 Å². The molecular formula is C15H29N5O. The van der Waals surface area contributed by atoms with Gasteiger partial charge in [0.2, 0.25) is 5.91 Å². The molecule has 0 fully saturated rings. The Morgan fingerprint density at radius 1 is 1.29 bits per heavy atom. The largest absolute Gasteiger partial charge is 0.341 e. The van der Waals surface area contributed by atoms with Crippen LogP contribution in [0.25, 0.3) is 0 Å². The van der Waals surface area contributed by atoms with Crippen molar-refractivity contribution < 1.29 is 4.79 Å². The number of aromatic nitrogens is 2. The SMILES string of the molecule is CCN(CC)CCCN(CC)C(=O)C(N)c1cnn(C)c1. The fraction of sp³-hybridized carbons (Fsp3) is 0.733. The fourth-order valence-corrected chi connectivity index (χ4v) is 2.39. The Balaban J connectivity index is 2.52. The van der Waals surface area contributed by atoms with Gasteiger partial charge in [-0.05, 0) is 33.0 Å². The van der Waals surface area contributed by atoms with Crippen molar-refractivity contribution in [3.63, 3.8) is 0 Å². The fourth-order valence-electron chi connectivity index (χ4n) is 2.39. The number of hydrogen-bond donors (Lipinski definition) is 1. The Bertz CT molecular complexity index is 427. The molecule has 1 atom stereocenters. The first kappa shape index (κ1) is 17.7. The zero-order valence-corrected chi connectivity index (χ0v) is 13.7. The molecule has 21 heavy (non-hydrogen) atoms. The van der Waals surface area contributed by atoms with E-state index in [4.69, 9.17) is 5.73 Å². The highest BCUT2D eigenvalue weighted by Gasteiger charge is 2.22. The summed E-state index contributed by atoms with van der Waals surface area (Å²) in [6, 6.07) is -0.618. The van der Waals surface area contributed by atoms with E-state index in [1.807, 2.05) is 18.9 Å². The lowest BCUT2D eigenvalue weighted by Crippen LogP contribution is -2.40. The summed E-state index contributed by atoms with van der Waals surface area (Å²) in [5.74, 6) is -0.0231. The number of likely N-dealkylation sites (N-methyl/N-ethyl adjacent to an activating group) is 1. The van der Waals surface area contributed by atoms with E-state index in [1.165, 1.54) is 0 Å².